The highest BCUT2D eigenvalue weighted by atomic mass is 32.2. The molecule has 2 aromatic rings. The number of sulfonamides is 1. The molecule has 5 heteroatoms. The highest BCUT2D eigenvalue weighted by molar-refractivity contribution is 7.90. The first kappa shape index (κ1) is 17.7. The zero-order valence-corrected chi connectivity index (χ0v) is 15.5. The van der Waals surface area contributed by atoms with Crippen LogP contribution in [0.5, 0.6) is 0 Å². The smallest absolute Gasteiger partial charge is 0.284 e. The van der Waals surface area contributed by atoms with Crippen molar-refractivity contribution in [2.45, 2.75) is 25.2 Å². The van der Waals surface area contributed by atoms with Gasteiger partial charge in [0.25, 0.3) is 10.0 Å². The van der Waals surface area contributed by atoms with E-state index in [1.165, 1.54) is 0 Å². The van der Waals surface area contributed by atoms with Gasteiger partial charge in [-0.25, -0.2) is 0 Å². The maximum absolute atomic E-state index is 12.8. The van der Waals surface area contributed by atoms with Crippen molar-refractivity contribution in [1.82, 2.24) is 4.90 Å². The molecule has 0 radical (unpaired) electrons. The third-order valence-electron chi connectivity index (χ3n) is 4.45. The number of piperidine rings is 1. The summed E-state index contributed by atoms with van der Waals surface area (Å²) in [6.45, 7) is 6.05. The molecule has 0 unspecified atom stereocenters. The molecule has 1 saturated heterocycles. The van der Waals surface area contributed by atoms with E-state index in [9.17, 15) is 8.42 Å². The van der Waals surface area contributed by atoms with Crippen molar-refractivity contribution in [3.63, 3.8) is 0 Å². The second kappa shape index (κ2) is 7.40. The maximum atomic E-state index is 12.8. The number of hydrogen-bond acceptors (Lipinski definition) is 2. The maximum Gasteiger partial charge on any atom is 0.284 e. The zero-order valence-electron chi connectivity index (χ0n) is 14.7. The average molecular weight is 356 g/mol. The molecular weight excluding hydrogens is 332 g/mol. The second-order valence-electron chi connectivity index (χ2n) is 6.92. The van der Waals surface area contributed by atoms with E-state index in [1.54, 1.807) is 30.3 Å². The summed E-state index contributed by atoms with van der Waals surface area (Å²) in [4.78, 5) is 2.34. The van der Waals surface area contributed by atoms with E-state index < -0.39 is 10.0 Å². The Bertz CT molecular complexity index is 823. The van der Waals surface area contributed by atoms with Crippen LogP contribution in [-0.4, -0.2) is 32.2 Å². The first-order valence-corrected chi connectivity index (χ1v) is 10.1. The molecule has 0 N–H and O–H groups in total. The SMILES string of the molecule is C[C@H]1C[C@H](C)CN(C(=NS(=O)(=O)c2ccccc2)c2ccccc2)C1. The van der Waals surface area contributed by atoms with E-state index in [2.05, 4.69) is 23.1 Å². The fourth-order valence-electron chi connectivity index (χ4n) is 3.48. The molecule has 132 valence electrons. The molecule has 3 rings (SSSR count). The molecule has 1 aliphatic heterocycles. The molecular formula is C20H24N2O2S. The Balaban J connectivity index is 2.05. The third-order valence-corrected chi connectivity index (χ3v) is 5.73. The van der Waals surface area contributed by atoms with Gasteiger partial charge in [-0.3, -0.25) is 0 Å². The predicted octanol–water partition coefficient (Wildman–Crippen LogP) is 3.80. The predicted molar refractivity (Wildman–Crippen MR) is 101 cm³/mol. The summed E-state index contributed by atoms with van der Waals surface area (Å²) in [6.07, 6.45) is 1.16. The average Bonchev–Trinajstić information content (AvgIpc) is 2.60. The van der Waals surface area contributed by atoms with Crippen LogP contribution in [0.4, 0.5) is 0 Å². The molecule has 0 spiro atoms. The number of nitrogens with zero attached hydrogens (tertiary/aromatic N) is 2. The highest BCUT2D eigenvalue weighted by Gasteiger charge is 2.27. The molecule has 0 saturated carbocycles. The number of hydrogen-bond donors (Lipinski definition) is 0. The summed E-state index contributed by atoms with van der Waals surface area (Å²) < 4.78 is 29.9. The zero-order chi connectivity index (χ0) is 17.9. The molecule has 25 heavy (non-hydrogen) atoms. The number of benzene rings is 2. The molecule has 2 aromatic carbocycles. The number of likely N-dealkylation sites (tertiary alicyclic amines) is 1. The summed E-state index contributed by atoms with van der Waals surface area (Å²) in [5, 5.41) is 0. The van der Waals surface area contributed by atoms with E-state index in [1.807, 2.05) is 30.3 Å². The number of rotatable bonds is 3. The van der Waals surface area contributed by atoms with Crippen LogP contribution in [0.2, 0.25) is 0 Å². The van der Waals surface area contributed by atoms with Gasteiger partial charge in [0.2, 0.25) is 0 Å². The normalized spacial score (nSPS) is 22.0. The Labute approximate surface area is 150 Å². The van der Waals surface area contributed by atoms with Crippen LogP contribution in [0.1, 0.15) is 25.8 Å². The van der Waals surface area contributed by atoms with Crippen LogP contribution in [-0.2, 0) is 10.0 Å². The standard InChI is InChI=1S/C20H24N2O2S/c1-16-13-17(2)15-22(14-16)20(18-9-5-3-6-10-18)21-25(23,24)19-11-7-4-8-12-19/h3-12,16-17H,13-15H2,1-2H3/t16-,17-/m0/s1. The van der Waals surface area contributed by atoms with Crippen LogP contribution in [0, 0.1) is 11.8 Å². The van der Waals surface area contributed by atoms with Gasteiger partial charge in [-0.2, -0.15) is 8.42 Å². The van der Waals surface area contributed by atoms with Gasteiger partial charge < -0.3 is 4.90 Å². The van der Waals surface area contributed by atoms with Crippen molar-refractivity contribution in [3.05, 3.63) is 66.2 Å². The largest absolute Gasteiger partial charge is 0.355 e. The van der Waals surface area contributed by atoms with E-state index >= 15 is 0 Å². The van der Waals surface area contributed by atoms with Gasteiger partial charge in [0.15, 0.2) is 0 Å². The van der Waals surface area contributed by atoms with E-state index in [0.717, 1.165) is 25.1 Å². The third kappa shape index (κ3) is 4.28. The van der Waals surface area contributed by atoms with Gasteiger partial charge in [0, 0.05) is 18.7 Å². The summed E-state index contributed by atoms with van der Waals surface area (Å²) in [5.41, 5.74) is 0.836. The van der Waals surface area contributed by atoms with Crippen molar-refractivity contribution in [1.29, 1.82) is 0 Å². The topological polar surface area (TPSA) is 49.7 Å². The second-order valence-corrected chi connectivity index (χ2v) is 8.52. The molecule has 0 amide bonds. The number of amidine groups is 1. The summed E-state index contributed by atoms with van der Waals surface area (Å²) in [5.74, 6) is 1.57. The summed E-state index contributed by atoms with van der Waals surface area (Å²) in [6, 6.07) is 18.0. The lowest BCUT2D eigenvalue weighted by Gasteiger charge is -2.37. The summed E-state index contributed by atoms with van der Waals surface area (Å²) in [7, 11) is -3.75. The first-order valence-electron chi connectivity index (χ1n) is 8.66. The molecule has 0 bridgehead atoms. The van der Waals surface area contributed by atoms with Crippen LogP contribution in [0.15, 0.2) is 70.0 Å². The Kier molecular flexibility index (Phi) is 5.23. The summed E-state index contributed by atoms with van der Waals surface area (Å²) >= 11 is 0. The first-order chi connectivity index (χ1) is 12.0. The molecule has 0 aliphatic carbocycles. The van der Waals surface area contributed by atoms with Gasteiger partial charge in [0.1, 0.15) is 5.84 Å². The van der Waals surface area contributed by atoms with E-state index in [0.29, 0.717) is 17.7 Å². The Morgan fingerprint density at radius 1 is 0.920 bits per heavy atom. The van der Waals surface area contributed by atoms with E-state index in [4.69, 9.17) is 0 Å². The Hall–Kier alpha value is -2.14. The minimum Gasteiger partial charge on any atom is -0.355 e. The van der Waals surface area contributed by atoms with Gasteiger partial charge in [-0.15, -0.1) is 4.40 Å². The van der Waals surface area contributed by atoms with Crippen molar-refractivity contribution in [2.24, 2.45) is 16.2 Å². The molecule has 2 atom stereocenters. The van der Waals surface area contributed by atoms with Crippen LogP contribution in [0.25, 0.3) is 0 Å². The Morgan fingerprint density at radius 2 is 1.44 bits per heavy atom. The van der Waals surface area contributed by atoms with Gasteiger partial charge in [-0.05, 0) is 30.4 Å². The van der Waals surface area contributed by atoms with Crippen molar-refractivity contribution in [2.75, 3.05) is 13.1 Å². The van der Waals surface area contributed by atoms with Gasteiger partial charge in [0.05, 0.1) is 4.90 Å². The van der Waals surface area contributed by atoms with Crippen LogP contribution < -0.4 is 0 Å². The van der Waals surface area contributed by atoms with Crippen LogP contribution in [0.3, 0.4) is 0 Å². The van der Waals surface area contributed by atoms with Gasteiger partial charge >= 0.3 is 0 Å². The van der Waals surface area contributed by atoms with Crippen molar-refractivity contribution < 1.29 is 8.42 Å². The minimum atomic E-state index is -3.75. The fourth-order valence-corrected chi connectivity index (χ4v) is 4.53. The lowest BCUT2D eigenvalue weighted by molar-refractivity contribution is 0.214. The minimum absolute atomic E-state index is 0.224. The van der Waals surface area contributed by atoms with E-state index in [-0.39, 0.29) is 4.90 Å². The lowest BCUT2D eigenvalue weighted by atomic mass is 9.91. The lowest BCUT2D eigenvalue weighted by Crippen LogP contribution is -2.43. The molecule has 1 heterocycles. The van der Waals surface area contributed by atoms with Crippen molar-refractivity contribution >= 4 is 15.9 Å². The van der Waals surface area contributed by atoms with Crippen LogP contribution >= 0.6 is 0 Å². The molecule has 1 aliphatic rings. The molecule has 0 aromatic heterocycles. The fraction of sp³-hybridized carbons (Fsp3) is 0.350. The van der Waals surface area contributed by atoms with Crippen molar-refractivity contribution in [3.8, 4) is 0 Å². The monoisotopic (exact) mass is 356 g/mol. The molecule has 1 fully saturated rings. The quantitative estimate of drug-likeness (QED) is 0.621. The van der Waals surface area contributed by atoms with Gasteiger partial charge in [-0.1, -0.05) is 62.4 Å². The molecule has 4 nitrogen and oxygen atoms in total. The highest BCUT2D eigenvalue weighted by Crippen LogP contribution is 2.24. The Morgan fingerprint density at radius 3 is 2.00 bits per heavy atom.